The number of hydrogen-bond donors (Lipinski definition) is 0. The highest BCUT2D eigenvalue weighted by molar-refractivity contribution is 7.79. The first-order chi connectivity index (χ1) is 8.72. The van der Waals surface area contributed by atoms with Crippen molar-refractivity contribution < 1.29 is 9.59 Å². The zero-order chi connectivity index (χ0) is 13.0. The predicted molar refractivity (Wildman–Crippen MR) is 74.3 cm³/mol. The van der Waals surface area contributed by atoms with Crippen molar-refractivity contribution in [2.45, 2.75) is 0 Å². The number of carbonyl (C=O) groups excluding carboxylic acids is 2. The van der Waals surface area contributed by atoms with Crippen molar-refractivity contribution in [3.63, 3.8) is 0 Å². The average molecular weight is 254 g/mol. The molecule has 2 aromatic rings. The summed E-state index contributed by atoms with van der Waals surface area (Å²) in [6.45, 7) is 0. The van der Waals surface area contributed by atoms with Gasteiger partial charge in [0.25, 0.3) is 0 Å². The Morgan fingerprint density at radius 3 is 1.78 bits per heavy atom. The Morgan fingerprint density at radius 1 is 0.778 bits per heavy atom. The molecule has 0 heterocycles. The zero-order valence-electron chi connectivity index (χ0n) is 9.50. The fourth-order valence-corrected chi connectivity index (χ4v) is 1.72. The van der Waals surface area contributed by atoms with Crippen LogP contribution in [0.25, 0.3) is 0 Å². The molecule has 2 aromatic carbocycles. The molecule has 0 atom stereocenters. The minimum absolute atomic E-state index is 0.379. The van der Waals surface area contributed by atoms with E-state index in [-0.39, 0.29) is 0 Å². The Hall–Kier alpha value is -2.13. The number of ketones is 2. The van der Waals surface area contributed by atoms with Gasteiger partial charge in [0.2, 0.25) is 11.6 Å². The Labute approximate surface area is 110 Å². The summed E-state index contributed by atoms with van der Waals surface area (Å²) in [7, 11) is 0. The quantitative estimate of drug-likeness (QED) is 0.477. The number of carbonyl (C=O) groups is 2. The monoisotopic (exact) mass is 254 g/mol. The number of rotatable bonds is 4. The fraction of sp³-hybridized carbons (Fsp3) is 0. The van der Waals surface area contributed by atoms with Crippen LogP contribution in [0.1, 0.15) is 26.3 Å². The van der Waals surface area contributed by atoms with E-state index in [4.69, 9.17) is 12.2 Å². The summed E-state index contributed by atoms with van der Waals surface area (Å²) < 4.78 is 0. The van der Waals surface area contributed by atoms with Crippen LogP contribution in [-0.4, -0.2) is 16.9 Å². The Morgan fingerprint density at radius 2 is 1.28 bits per heavy atom. The Kier molecular flexibility index (Phi) is 3.75. The van der Waals surface area contributed by atoms with Gasteiger partial charge in [0.05, 0.1) is 0 Å². The lowest BCUT2D eigenvalue weighted by molar-refractivity contribution is 0.0817. The SMILES string of the molecule is O=C(C(=O)c1ccc(C=S)cc1)c1ccccc1. The first-order valence-corrected chi connectivity index (χ1v) is 5.89. The van der Waals surface area contributed by atoms with Gasteiger partial charge in [0.15, 0.2) is 0 Å². The van der Waals surface area contributed by atoms with Gasteiger partial charge in [-0.05, 0) is 5.56 Å². The maximum Gasteiger partial charge on any atom is 0.233 e. The van der Waals surface area contributed by atoms with Gasteiger partial charge in [0, 0.05) is 16.5 Å². The molecule has 0 aliphatic rings. The summed E-state index contributed by atoms with van der Waals surface area (Å²) >= 11 is 4.78. The van der Waals surface area contributed by atoms with E-state index in [9.17, 15) is 9.59 Å². The second-order valence-electron chi connectivity index (χ2n) is 3.76. The number of benzene rings is 2. The zero-order valence-corrected chi connectivity index (χ0v) is 10.3. The molecule has 88 valence electrons. The summed E-state index contributed by atoms with van der Waals surface area (Å²) in [5.41, 5.74) is 1.62. The molecule has 2 nitrogen and oxygen atoms in total. The fourth-order valence-electron chi connectivity index (χ4n) is 1.56. The van der Waals surface area contributed by atoms with Crippen molar-refractivity contribution in [2.24, 2.45) is 0 Å². The van der Waals surface area contributed by atoms with E-state index in [0.717, 1.165) is 5.56 Å². The molecule has 0 saturated heterocycles. The van der Waals surface area contributed by atoms with Gasteiger partial charge in [0.1, 0.15) is 0 Å². The van der Waals surface area contributed by atoms with Crippen molar-refractivity contribution in [2.75, 3.05) is 0 Å². The maximum atomic E-state index is 12.0. The van der Waals surface area contributed by atoms with Crippen LogP contribution in [0.15, 0.2) is 54.6 Å². The second kappa shape index (κ2) is 5.47. The molecule has 0 amide bonds. The number of thiocarbonyl (C=S) groups is 1. The van der Waals surface area contributed by atoms with Gasteiger partial charge >= 0.3 is 0 Å². The third-order valence-corrected chi connectivity index (χ3v) is 2.82. The van der Waals surface area contributed by atoms with E-state index in [1.54, 1.807) is 54.6 Å². The molecule has 0 N–H and O–H groups in total. The van der Waals surface area contributed by atoms with Crippen LogP contribution in [-0.2, 0) is 0 Å². The van der Waals surface area contributed by atoms with Crippen LogP contribution in [0.3, 0.4) is 0 Å². The minimum Gasteiger partial charge on any atom is -0.285 e. The molecular weight excluding hydrogens is 244 g/mol. The third-order valence-electron chi connectivity index (χ3n) is 2.55. The van der Waals surface area contributed by atoms with Crippen molar-refractivity contribution in [3.8, 4) is 0 Å². The first kappa shape index (κ1) is 12.3. The van der Waals surface area contributed by atoms with Crippen LogP contribution >= 0.6 is 12.2 Å². The van der Waals surface area contributed by atoms with Crippen LogP contribution in [0.4, 0.5) is 0 Å². The highest BCUT2D eigenvalue weighted by Gasteiger charge is 2.17. The molecule has 0 fully saturated rings. The summed E-state index contributed by atoms with van der Waals surface area (Å²) in [4.78, 5) is 23.9. The van der Waals surface area contributed by atoms with Crippen LogP contribution in [0, 0.1) is 0 Å². The van der Waals surface area contributed by atoms with Crippen LogP contribution < -0.4 is 0 Å². The molecule has 0 spiro atoms. The molecule has 0 aliphatic heterocycles. The highest BCUT2D eigenvalue weighted by Crippen LogP contribution is 2.09. The largest absolute Gasteiger partial charge is 0.285 e. The van der Waals surface area contributed by atoms with Gasteiger partial charge in [-0.15, -0.1) is 0 Å². The Balaban J connectivity index is 2.26. The molecule has 0 aromatic heterocycles. The summed E-state index contributed by atoms with van der Waals surface area (Å²) in [5, 5.41) is 1.52. The van der Waals surface area contributed by atoms with Crippen LogP contribution in [0.2, 0.25) is 0 Å². The molecule has 3 heteroatoms. The lowest BCUT2D eigenvalue weighted by Crippen LogP contribution is -2.14. The van der Waals surface area contributed by atoms with Gasteiger partial charge < -0.3 is 0 Å². The van der Waals surface area contributed by atoms with E-state index in [1.165, 1.54) is 5.37 Å². The Bertz CT molecular complexity index is 586. The van der Waals surface area contributed by atoms with Crippen molar-refractivity contribution in [1.82, 2.24) is 0 Å². The molecule has 0 radical (unpaired) electrons. The normalized spacial score (nSPS) is 9.78. The van der Waals surface area contributed by atoms with Gasteiger partial charge in [-0.3, -0.25) is 9.59 Å². The summed E-state index contributed by atoms with van der Waals surface area (Å²) in [5.74, 6) is -0.997. The predicted octanol–water partition coefficient (Wildman–Crippen LogP) is 3.10. The highest BCUT2D eigenvalue weighted by atomic mass is 32.1. The number of hydrogen-bond acceptors (Lipinski definition) is 3. The standard InChI is InChI=1S/C15H10O2S/c16-14(12-4-2-1-3-5-12)15(17)13-8-6-11(10-18)7-9-13/h1-10H. The minimum atomic E-state index is -0.503. The summed E-state index contributed by atoms with van der Waals surface area (Å²) in [6, 6.07) is 15.2. The average Bonchev–Trinajstić information content (AvgIpc) is 2.47. The first-order valence-electron chi connectivity index (χ1n) is 5.41. The number of Topliss-reactive ketones (excluding diaryl/α,β-unsaturated/α-hetero) is 2. The molecular formula is C15H10O2S. The van der Waals surface area contributed by atoms with Crippen LogP contribution in [0.5, 0.6) is 0 Å². The van der Waals surface area contributed by atoms with Crippen molar-refractivity contribution in [3.05, 3.63) is 71.3 Å². The van der Waals surface area contributed by atoms with Gasteiger partial charge in [-0.25, -0.2) is 0 Å². The van der Waals surface area contributed by atoms with E-state index in [2.05, 4.69) is 0 Å². The van der Waals surface area contributed by atoms with Crippen molar-refractivity contribution in [1.29, 1.82) is 0 Å². The topological polar surface area (TPSA) is 34.1 Å². The molecule has 0 saturated carbocycles. The van der Waals surface area contributed by atoms with Gasteiger partial charge in [-0.1, -0.05) is 66.8 Å². The van der Waals surface area contributed by atoms with E-state index in [0.29, 0.717) is 11.1 Å². The molecule has 18 heavy (non-hydrogen) atoms. The molecule has 0 aliphatic carbocycles. The van der Waals surface area contributed by atoms with E-state index < -0.39 is 11.6 Å². The molecule has 0 bridgehead atoms. The molecule has 0 unspecified atom stereocenters. The van der Waals surface area contributed by atoms with Gasteiger partial charge in [-0.2, -0.15) is 0 Å². The lowest BCUT2D eigenvalue weighted by atomic mass is 10.0. The smallest absolute Gasteiger partial charge is 0.233 e. The third kappa shape index (κ3) is 2.57. The lowest BCUT2D eigenvalue weighted by Gasteiger charge is -2.01. The van der Waals surface area contributed by atoms with E-state index >= 15 is 0 Å². The van der Waals surface area contributed by atoms with E-state index in [1.807, 2.05) is 0 Å². The summed E-state index contributed by atoms with van der Waals surface area (Å²) in [6.07, 6.45) is 0. The molecule has 2 rings (SSSR count). The maximum absolute atomic E-state index is 12.0. The van der Waals surface area contributed by atoms with Crippen molar-refractivity contribution >= 4 is 29.2 Å². The second-order valence-corrected chi connectivity index (χ2v) is 4.00.